The van der Waals surface area contributed by atoms with Crippen LogP contribution in [0.25, 0.3) is 0 Å². The quantitative estimate of drug-likeness (QED) is 0.583. The zero-order valence-electron chi connectivity index (χ0n) is 11.5. The molecule has 1 aliphatic heterocycles. The number of aliphatic hydroxyl groups is 1. The number of aliphatic hydroxyl groups excluding tert-OH is 1. The number of hydrogen-bond donors (Lipinski definition) is 3. The Hall–Kier alpha value is -1.83. The number of ether oxygens (including phenoxy) is 1. The van der Waals surface area contributed by atoms with Crippen LogP contribution in [0.1, 0.15) is 19.8 Å². The van der Waals surface area contributed by atoms with Gasteiger partial charge in [-0.1, -0.05) is 0 Å². The highest BCUT2D eigenvalue weighted by molar-refractivity contribution is 5.86. The van der Waals surface area contributed by atoms with Crippen LogP contribution in [0, 0.1) is 5.92 Å². The van der Waals surface area contributed by atoms with Crippen molar-refractivity contribution in [2.45, 2.75) is 31.9 Å². The molecule has 1 fully saturated rings. The molecule has 3 N–H and O–H groups in total. The van der Waals surface area contributed by atoms with Gasteiger partial charge in [-0.2, -0.15) is 0 Å². The minimum absolute atomic E-state index is 0.00960. The normalized spacial score (nSPS) is 21.1. The highest BCUT2D eigenvalue weighted by atomic mass is 16.5. The molecule has 1 saturated heterocycles. The molecule has 0 bridgehead atoms. The molecule has 0 aromatic rings. The average Bonchev–Trinajstić information content (AvgIpc) is 2.87. The van der Waals surface area contributed by atoms with Crippen LogP contribution < -0.4 is 5.32 Å². The first kappa shape index (κ1) is 16.2. The first-order chi connectivity index (χ1) is 9.35. The van der Waals surface area contributed by atoms with Gasteiger partial charge in [0.1, 0.15) is 6.04 Å². The number of carbonyl (C=O) groups excluding carboxylic acids is 2. The molecule has 1 rings (SSSR count). The zero-order chi connectivity index (χ0) is 15.3. The van der Waals surface area contributed by atoms with E-state index in [0.717, 1.165) is 7.11 Å². The zero-order valence-corrected chi connectivity index (χ0v) is 11.5. The van der Waals surface area contributed by atoms with Crippen LogP contribution >= 0.6 is 0 Å². The van der Waals surface area contributed by atoms with Crippen LogP contribution in [0.2, 0.25) is 0 Å². The van der Waals surface area contributed by atoms with Crippen molar-refractivity contribution in [3.05, 3.63) is 0 Å². The number of amides is 2. The molecule has 3 atom stereocenters. The SMILES string of the molecule is COC(=O)C[C@H](NC(=O)N1CCC(C(C)O)C1)C(=O)O. The van der Waals surface area contributed by atoms with Crippen LogP contribution in [0.3, 0.4) is 0 Å². The summed E-state index contributed by atoms with van der Waals surface area (Å²) >= 11 is 0. The van der Waals surface area contributed by atoms with Gasteiger partial charge < -0.3 is 25.2 Å². The number of methoxy groups -OCH3 is 1. The van der Waals surface area contributed by atoms with E-state index >= 15 is 0 Å². The van der Waals surface area contributed by atoms with Gasteiger partial charge >= 0.3 is 18.0 Å². The number of aliphatic carboxylic acids is 1. The third-order valence-corrected chi connectivity index (χ3v) is 3.39. The van der Waals surface area contributed by atoms with Gasteiger partial charge in [0, 0.05) is 19.0 Å². The summed E-state index contributed by atoms with van der Waals surface area (Å²) in [6.07, 6.45) is -0.274. The summed E-state index contributed by atoms with van der Waals surface area (Å²) in [6.45, 7) is 2.48. The monoisotopic (exact) mass is 288 g/mol. The highest BCUT2D eigenvalue weighted by Gasteiger charge is 2.31. The largest absolute Gasteiger partial charge is 0.480 e. The second-order valence-electron chi connectivity index (χ2n) is 4.86. The molecule has 0 aliphatic carbocycles. The Morgan fingerprint density at radius 2 is 2.10 bits per heavy atom. The Morgan fingerprint density at radius 1 is 1.45 bits per heavy atom. The molecule has 2 amide bonds. The summed E-state index contributed by atoms with van der Waals surface area (Å²) < 4.78 is 4.39. The molecule has 114 valence electrons. The van der Waals surface area contributed by atoms with Gasteiger partial charge in [0.15, 0.2) is 0 Å². The standard InChI is InChI=1S/C12H20N2O6/c1-7(15)8-3-4-14(6-8)12(19)13-9(11(17)18)5-10(16)20-2/h7-9,15H,3-6H2,1-2H3,(H,13,19)(H,17,18)/t7?,8?,9-/m0/s1. The lowest BCUT2D eigenvalue weighted by Crippen LogP contribution is -2.48. The number of carbonyl (C=O) groups is 3. The molecule has 2 unspecified atom stereocenters. The maximum atomic E-state index is 11.9. The first-order valence-corrected chi connectivity index (χ1v) is 6.38. The number of likely N-dealkylation sites (tertiary alicyclic amines) is 1. The maximum Gasteiger partial charge on any atom is 0.326 e. The number of hydrogen-bond acceptors (Lipinski definition) is 5. The molecule has 1 aliphatic rings. The summed E-state index contributed by atoms with van der Waals surface area (Å²) in [5, 5.41) is 20.7. The molecule has 1 heterocycles. The molecule has 8 heteroatoms. The van der Waals surface area contributed by atoms with Crippen LogP contribution in [-0.2, 0) is 14.3 Å². The minimum Gasteiger partial charge on any atom is -0.480 e. The lowest BCUT2D eigenvalue weighted by atomic mass is 10.0. The van der Waals surface area contributed by atoms with Gasteiger partial charge in [0.2, 0.25) is 0 Å². The third kappa shape index (κ3) is 4.37. The number of nitrogens with one attached hydrogen (secondary N) is 1. The predicted octanol–water partition coefficient (Wildman–Crippen LogP) is -0.585. The Labute approximate surface area is 116 Å². The Bertz CT molecular complexity index is 384. The molecular formula is C12H20N2O6. The van der Waals surface area contributed by atoms with Crippen molar-refractivity contribution >= 4 is 18.0 Å². The fraction of sp³-hybridized carbons (Fsp3) is 0.750. The molecule has 8 nitrogen and oxygen atoms in total. The number of carboxylic acid groups (broad SMARTS) is 1. The van der Waals surface area contributed by atoms with E-state index in [1.807, 2.05) is 0 Å². The van der Waals surface area contributed by atoms with Gasteiger partial charge in [-0.25, -0.2) is 9.59 Å². The van der Waals surface area contributed by atoms with E-state index in [9.17, 15) is 19.5 Å². The third-order valence-electron chi connectivity index (χ3n) is 3.39. The lowest BCUT2D eigenvalue weighted by molar-refractivity contribution is -0.147. The van der Waals surface area contributed by atoms with E-state index in [1.54, 1.807) is 6.92 Å². The summed E-state index contributed by atoms with van der Waals surface area (Å²) in [5.74, 6) is -2.01. The van der Waals surface area contributed by atoms with Crippen molar-refractivity contribution in [2.24, 2.45) is 5.92 Å². The molecule has 0 spiro atoms. The second kappa shape index (κ2) is 7.09. The van der Waals surface area contributed by atoms with Crippen molar-refractivity contribution in [3.8, 4) is 0 Å². The van der Waals surface area contributed by atoms with Gasteiger partial charge in [0.25, 0.3) is 0 Å². The Kier molecular flexibility index (Phi) is 5.75. The van der Waals surface area contributed by atoms with Gasteiger partial charge in [-0.05, 0) is 13.3 Å². The van der Waals surface area contributed by atoms with E-state index in [4.69, 9.17) is 5.11 Å². The Balaban J connectivity index is 2.54. The molecule has 20 heavy (non-hydrogen) atoms. The predicted molar refractivity (Wildman–Crippen MR) is 67.9 cm³/mol. The average molecular weight is 288 g/mol. The number of carboxylic acids is 1. The second-order valence-corrected chi connectivity index (χ2v) is 4.86. The van der Waals surface area contributed by atoms with E-state index < -0.39 is 36.5 Å². The van der Waals surface area contributed by atoms with E-state index in [1.165, 1.54) is 4.90 Å². The first-order valence-electron chi connectivity index (χ1n) is 6.38. The summed E-state index contributed by atoms with van der Waals surface area (Å²) in [5.41, 5.74) is 0. The molecule has 0 radical (unpaired) electrons. The number of urea groups is 1. The van der Waals surface area contributed by atoms with Gasteiger partial charge in [-0.3, -0.25) is 4.79 Å². The van der Waals surface area contributed by atoms with Crippen molar-refractivity contribution in [1.29, 1.82) is 0 Å². The molecule has 0 aromatic heterocycles. The van der Waals surface area contributed by atoms with E-state index in [0.29, 0.717) is 19.5 Å². The van der Waals surface area contributed by atoms with Crippen molar-refractivity contribution in [1.82, 2.24) is 10.2 Å². The highest BCUT2D eigenvalue weighted by Crippen LogP contribution is 2.19. The smallest absolute Gasteiger partial charge is 0.326 e. The lowest BCUT2D eigenvalue weighted by Gasteiger charge is -2.21. The molecule has 0 saturated carbocycles. The van der Waals surface area contributed by atoms with Crippen LogP contribution in [-0.4, -0.2) is 65.4 Å². The van der Waals surface area contributed by atoms with E-state index in [-0.39, 0.29) is 5.92 Å². The summed E-state index contributed by atoms with van der Waals surface area (Å²) in [6, 6.07) is -1.87. The Morgan fingerprint density at radius 3 is 2.55 bits per heavy atom. The van der Waals surface area contributed by atoms with Crippen LogP contribution in [0.5, 0.6) is 0 Å². The van der Waals surface area contributed by atoms with Crippen molar-refractivity contribution in [3.63, 3.8) is 0 Å². The molecule has 0 aromatic carbocycles. The van der Waals surface area contributed by atoms with Gasteiger partial charge in [-0.15, -0.1) is 0 Å². The fourth-order valence-electron chi connectivity index (χ4n) is 2.06. The number of esters is 1. The summed E-state index contributed by atoms with van der Waals surface area (Å²) in [4.78, 5) is 35.4. The van der Waals surface area contributed by atoms with Crippen molar-refractivity contribution in [2.75, 3.05) is 20.2 Å². The van der Waals surface area contributed by atoms with Crippen LogP contribution in [0.4, 0.5) is 4.79 Å². The number of nitrogens with zero attached hydrogens (tertiary/aromatic N) is 1. The van der Waals surface area contributed by atoms with Crippen molar-refractivity contribution < 1.29 is 29.3 Å². The van der Waals surface area contributed by atoms with Gasteiger partial charge in [0.05, 0.1) is 19.6 Å². The molecular weight excluding hydrogens is 268 g/mol. The summed E-state index contributed by atoms with van der Waals surface area (Å²) in [7, 11) is 1.15. The van der Waals surface area contributed by atoms with Crippen LogP contribution in [0.15, 0.2) is 0 Å². The van der Waals surface area contributed by atoms with E-state index in [2.05, 4.69) is 10.1 Å². The topological polar surface area (TPSA) is 116 Å². The minimum atomic E-state index is -1.32. The number of rotatable bonds is 5. The fourth-order valence-corrected chi connectivity index (χ4v) is 2.06. The maximum absolute atomic E-state index is 11.9.